The Morgan fingerprint density at radius 2 is 2.22 bits per heavy atom. The minimum atomic E-state index is -0.917. The van der Waals surface area contributed by atoms with Crippen LogP contribution in [0.15, 0.2) is 0 Å². The predicted molar refractivity (Wildman–Crippen MR) is 36.2 cm³/mol. The smallest absolute Gasteiger partial charge is 0.126 e. The van der Waals surface area contributed by atoms with Gasteiger partial charge in [0.1, 0.15) is 5.67 Å². The zero-order valence-electron chi connectivity index (χ0n) is 6.08. The zero-order valence-corrected chi connectivity index (χ0v) is 6.08. The van der Waals surface area contributed by atoms with Gasteiger partial charge < -0.3 is 5.32 Å². The van der Waals surface area contributed by atoms with Crippen LogP contribution in [0.5, 0.6) is 0 Å². The molecular formula is C7H14FN. The summed E-state index contributed by atoms with van der Waals surface area (Å²) in [5, 5.41) is 3.02. The van der Waals surface area contributed by atoms with E-state index in [-0.39, 0.29) is 5.92 Å². The molecule has 1 nitrogen and oxygen atoms in total. The summed E-state index contributed by atoms with van der Waals surface area (Å²) in [5.41, 5.74) is -0.917. The highest BCUT2D eigenvalue weighted by molar-refractivity contribution is 4.90. The van der Waals surface area contributed by atoms with Gasteiger partial charge in [0.15, 0.2) is 0 Å². The van der Waals surface area contributed by atoms with Gasteiger partial charge in [0.2, 0.25) is 0 Å². The number of nitrogens with one attached hydrogen (secondary N) is 1. The maximum atomic E-state index is 13.4. The molecule has 1 aliphatic heterocycles. The molecular weight excluding hydrogens is 117 g/mol. The molecule has 1 unspecified atom stereocenters. The van der Waals surface area contributed by atoms with E-state index in [9.17, 15) is 4.39 Å². The van der Waals surface area contributed by atoms with Gasteiger partial charge in [-0.25, -0.2) is 4.39 Å². The standard InChI is InChI=1S/C7H14FN/c1-6(2)7(8)3-4-9-5-7/h6,9H,3-5H2,1-2H3. The zero-order chi connectivity index (χ0) is 6.91. The van der Waals surface area contributed by atoms with Crippen LogP contribution < -0.4 is 5.32 Å². The van der Waals surface area contributed by atoms with Crippen molar-refractivity contribution in [2.75, 3.05) is 13.1 Å². The van der Waals surface area contributed by atoms with Crippen LogP contribution in [0.2, 0.25) is 0 Å². The first kappa shape index (κ1) is 7.00. The van der Waals surface area contributed by atoms with Crippen LogP contribution >= 0.6 is 0 Å². The largest absolute Gasteiger partial charge is 0.313 e. The Kier molecular flexibility index (Phi) is 1.75. The van der Waals surface area contributed by atoms with Crippen molar-refractivity contribution in [2.45, 2.75) is 25.9 Å². The van der Waals surface area contributed by atoms with E-state index in [0.717, 1.165) is 6.54 Å². The Morgan fingerprint density at radius 1 is 1.56 bits per heavy atom. The van der Waals surface area contributed by atoms with Crippen molar-refractivity contribution in [3.05, 3.63) is 0 Å². The molecule has 1 fully saturated rings. The molecule has 0 aromatic carbocycles. The average molecular weight is 131 g/mol. The monoisotopic (exact) mass is 131 g/mol. The topological polar surface area (TPSA) is 12.0 Å². The molecule has 0 amide bonds. The van der Waals surface area contributed by atoms with E-state index in [1.165, 1.54) is 0 Å². The molecule has 1 saturated heterocycles. The van der Waals surface area contributed by atoms with Gasteiger partial charge in [0.25, 0.3) is 0 Å². The summed E-state index contributed by atoms with van der Waals surface area (Å²) in [4.78, 5) is 0. The lowest BCUT2D eigenvalue weighted by Crippen LogP contribution is -2.31. The molecule has 0 aromatic rings. The summed E-state index contributed by atoms with van der Waals surface area (Å²) in [6.45, 7) is 5.26. The second-order valence-electron chi connectivity index (χ2n) is 3.12. The summed E-state index contributed by atoms with van der Waals surface area (Å²) >= 11 is 0. The third-order valence-electron chi connectivity index (χ3n) is 2.17. The van der Waals surface area contributed by atoms with E-state index in [4.69, 9.17) is 0 Å². The summed E-state index contributed by atoms with van der Waals surface area (Å²) in [7, 11) is 0. The molecule has 0 saturated carbocycles. The summed E-state index contributed by atoms with van der Waals surface area (Å²) in [6, 6.07) is 0. The number of halogens is 1. The normalized spacial score (nSPS) is 36.0. The molecule has 0 aromatic heterocycles. The van der Waals surface area contributed by atoms with Gasteiger partial charge in [-0.2, -0.15) is 0 Å². The first-order chi connectivity index (χ1) is 4.15. The van der Waals surface area contributed by atoms with E-state index in [0.29, 0.717) is 13.0 Å². The van der Waals surface area contributed by atoms with Crippen molar-refractivity contribution in [1.82, 2.24) is 5.32 Å². The number of hydrogen-bond donors (Lipinski definition) is 1. The number of rotatable bonds is 1. The molecule has 9 heavy (non-hydrogen) atoms. The second-order valence-corrected chi connectivity index (χ2v) is 3.12. The molecule has 0 aliphatic carbocycles. The molecule has 1 heterocycles. The van der Waals surface area contributed by atoms with E-state index in [1.807, 2.05) is 13.8 Å². The fourth-order valence-corrected chi connectivity index (χ4v) is 1.17. The minimum Gasteiger partial charge on any atom is -0.313 e. The molecule has 1 aliphatic rings. The third kappa shape index (κ3) is 1.23. The molecule has 0 radical (unpaired) electrons. The molecule has 1 atom stereocenters. The Balaban J connectivity index is 2.51. The molecule has 0 bridgehead atoms. The maximum absolute atomic E-state index is 13.4. The Morgan fingerprint density at radius 3 is 2.44 bits per heavy atom. The second kappa shape index (κ2) is 2.25. The van der Waals surface area contributed by atoms with Crippen molar-refractivity contribution >= 4 is 0 Å². The molecule has 54 valence electrons. The fourth-order valence-electron chi connectivity index (χ4n) is 1.17. The molecule has 2 heteroatoms. The quantitative estimate of drug-likeness (QED) is 0.566. The number of alkyl halides is 1. The SMILES string of the molecule is CC(C)C1(F)CCNC1. The van der Waals surface area contributed by atoms with E-state index < -0.39 is 5.67 Å². The third-order valence-corrected chi connectivity index (χ3v) is 2.17. The van der Waals surface area contributed by atoms with Gasteiger partial charge in [0, 0.05) is 6.54 Å². The van der Waals surface area contributed by atoms with E-state index in [2.05, 4.69) is 5.32 Å². The predicted octanol–water partition coefficient (Wildman–Crippen LogP) is 1.34. The highest BCUT2D eigenvalue weighted by atomic mass is 19.1. The van der Waals surface area contributed by atoms with Gasteiger partial charge in [-0.1, -0.05) is 13.8 Å². The van der Waals surface area contributed by atoms with Crippen molar-refractivity contribution < 1.29 is 4.39 Å². The Bertz CT molecular complexity index is 95.1. The summed E-state index contributed by atoms with van der Waals surface area (Å²) in [6.07, 6.45) is 0.685. The first-order valence-corrected chi connectivity index (χ1v) is 3.55. The Hall–Kier alpha value is -0.110. The van der Waals surface area contributed by atoms with Crippen LogP contribution in [0.25, 0.3) is 0 Å². The summed E-state index contributed by atoms with van der Waals surface area (Å²) < 4.78 is 13.4. The number of hydrogen-bond acceptors (Lipinski definition) is 1. The van der Waals surface area contributed by atoms with Crippen LogP contribution in [0.1, 0.15) is 20.3 Å². The van der Waals surface area contributed by atoms with E-state index >= 15 is 0 Å². The van der Waals surface area contributed by atoms with Crippen LogP contribution in [0.3, 0.4) is 0 Å². The van der Waals surface area contributed by atoms with Gasteiger partial charge in [-0.3, -0.25) is 0 Å². The lowest BCUT2D eigenvalue weighted by Gasteiger charge is -2.22. The van der Waals surface area contributed by atoms with Crippen molar-refractivity contribution in [1.29, 1.82) is 0 Å². The van der Waals surface area contributed by atoms with Crippen LogP contribution in [-0.4, -0.2) is 18.8 Å². The van der Waals surface area contributed by atoms with Gasteiger partial charge in [-0.15, -0.1) is 0 Å². The van der Waals surface area contributed by atoms with Gasteiger partial charge in [0.05, 0.1) is 0 Å². The fraction of sp³-hybridized carbons (Fsp3) is 1.00. The van der Waals surface area contributed by atoms with Crippen molar-refractivity contribution in [3.8, 4) is 0 Å². The van der Waals surface area contributed by atoms with Crippen LogP contribution in [0.4, 0.5) is 4.39 Å². The Labute approximate surface area is 55.6 Å². The lowest BCUT2D eigenvalue weighted by molar-refractivity contribution is 0.125. The average Bonchev–Trinajstić information content (AvgIpc) is 2.16. The summed E-state index contributed by atoms with van der Waals surface area (Å²) in [5.74, 6) is 0.160. The van der Waals surface area contributed by atoms with Crippen LogP contribution in [0, 0.1) is 5.92 Å². The highest BCUT2D eigenvalue weighted by Crippen LogP contribution is 2.27. The van der Waals surface area contributed by atoms with Crippen molar-refractivity contribution in [2.24, 2.45) is 5.92 Å². The van der Waals surface area contributed by atoms with Gasteiger partial charge in [-0.05, 0) is 18.9 Å². The molecule has 0 spiro atoms. The molecule has 1 rings (SSSR count). The highest BCUT2D eigenvalue weighted by Gasteiger charge is 2.36. The maximum Gasteiger partial charge on any atom is 0.126 e. The van der Waals surface area contributed by atoms with E-state index in [1.54, 1.807) is 0 Å². The van der Waals surface area contributed by atoms with Gasteiger partial charge >= 0.3 is 0 Å². The lowest BCUT2D eigenvalue weighted by atomic mass is 9.92. The minimum absolute atomic E-state index is 0.160. The van der Waals surface area contributed by atoms with Crippen molar-refractivity contribution in [3.63, 3.8) is 0 Å². The molecule has 1 N–H and O–H groups in total. The van der Waals surface area contributed by atoms with Crippen LogP contribution in [-0.2, 0) is 0 Å². The first-order valence-electron chi connectivity index (χ1n) is 3.55.